The van der Waals surface area contributed by atoms with E-state index < -0.39 is 0 Å². The molecule has 0 spiro atoms. The second-order valence-corrected chi connectivity index (χ2v) is 7.02. The average molecular weight is 317 g/mol. The van der Waals surface area contributed by atoms with Crippen LogP contribution >= 0.6 is 11.8 Å². The Kier molecular flexibility index (Phi) is 2.88. The van der Waals surface area contributed by atoms with Crippen LogP contribution in [0, 0.1) is 0 Å². The Morgan fingerprint density at radius 1 is 0.913 bits per heavy atom. The first-order valence-electron chi connectivity index (χ1n) is 7.79. The molecule has 23 heavy (non-hydrogen) atoms. The molecule has 0 saturated carbocycles. The van der Waals surface area contributed by atoms with Crippen molar-refractivity contribution in [3.63, 3.8) is 0 Å². The number of allylic oxidation sites excluding steroid dienone is 2. The summed E-state index contributed by atoms with van der Waals surface area (Å²) in [7, 11) is 0. The first-order chi connectivity index (χ1) is 11.4. The Labute approximate surface area is 139 Å². The minimum Gasteiger partial charge on any atom is -0.440 e. The number of anilines is 2. The van der Waals surface area contributed by atoms with Gasteiger partial charge in [0.15, 0.2) is 0 Å². The second kappa shape index (κ2) is 5.07. The Hall–Kier alpha value is -2.39. The summed E-state index contributed by atoms with van der Waals surface area (Å²) in [5, 5.41) is 1.55. The first-order valence-corrected chi connectivity index (χ1v) is 8.67. The van der Waals surface area contributed by atoms with Gasteiger partial charge in [0.1, 0.15) is 5.58 Å². The van der Waals surface area contributed by atoms with Crippen LogP contribution in [0.2, 0.25) is 0 Å². The van der Waals surface area contributed by atoms with Gasteiger partial charge in [-0.15, -0.1) is 11.8 Å². The van der Waals surface area contributed by atoms with E-state index in [1.165, 1.54) is 10.6 Å². The number of furan rings is 1. The van der Waals surface area contributed by atoms with Crippen LogP contribution in [-0.4, -0.2) is 11.3 Å². The van der Waals surface area contributed by atoms with E-state index in [-0.39, 0.29) is 6.04 Å². The molecule has 0 bridgehead atoms. The molecular formula is C20H15NOS. The van der Waals surface area contributed by atoms with Gasteiger partial charge in [0.05, 0.1) is 17.0 Å². The number of rotatable bonds is 1. The number of benzene rings is 2. The van der Waals surface area contributed by atoms with E-state index in [0.29, 0.717) is 5.25 Å². The summed E-state index contributed by atoms with van der Waals surface area (Å²) in [5.74, 6) is 0.911. The van der Waals surface area contributed by atoms with E-state index in [1.54, 1.807) is 0 Å². The molecule has 0 amide bonds. The average Bonchev–Trinajstić information content (AvgIpc) is 3.03. The maximum atomic E-state index is 6.17. The van der Waals surface area contributed by atoms with E-state index >= 15 is 0 Å². The lowest BCUT2D eigenvalue weighted by molar-refractivity contribution is 0.586. The molecule has 0 N–H and O–H groups in total. The van der Waals surface area contributed by atoms with Gasteiger partial charge in [0.25, 0.3) is 0 Å². The van der Waals surface area contributed by atoms with Gasteiger partial charge in [-0.1, -0.05) is 54.6 Å². The van der Waals surface area contributed by atoms with Crippen LogP contribution in [-0.2, 0) is 0 Å². The minimum atomic E-state index is 0.278. The van der Waals surface area contributed by atoms with Crippen molar-refractivity contribution in [2.75, 3.05) is 4.90 Å². The third kappa shape index (κ3) is 2.04. The number of fused-ring (bicyclic) bond motifs is 3. The van der Waals surface area contributed by atoms with Crippen LogP contribution < -0.4 is 4.90 Å². The van der Waals surface area contributed by atoms with Crippen LogP contribution in [0.1, 0.15) is 0 Å². The van der Waals surface area contributed by atoms with Crippen LogP contribution in [0.4, 0.5) is 11.6 Å². The van der Waals surface area contributed by atoms with Gasteiger partial charge in [0.2, 0.25) is 5.88 Å². The van der Waals surface area contributed by atoms with Crippen LogP contribution in [0.15, 0.2) is 88.2 Å². The maximum absolute atomic E-state index is 6.17. The summed E-state index contributed by atoms with van der Waals surface area (Å²) >= 11 is 1.92. The monoisotopic (exact) mass is 317 g/mol. The molecule has 2 nitrogen and oxygen atoms in total. The molecule has 1 aromatic heterocycles. The summed E-state index contributed by atoms with van der Waals surface area (Å²) < 4.78 is 6.17. The maximum Gasteiger partial charge on any atom is 0.201 e. The molecule has 2 heterocycles. The molecule has 112 valence electrons. The molecule has 0 fully saturated rings. The molecule has 3 heteroatoms. The lowest BCUT2D eigenvalue weighted by Gasteiger charge is -2.40. The summed E-state index contributed by atoms with van der Waals surface area (Å²) in [6.07, 6.45) is 8.81. The lowest BCUT2D eigenvalue weighted by Crippen LogP contribution is -2.40. The first kappa shape index (κ1) is 13.1. The fraction of sp³-hybridized carbons (Fsp3) is 0.100. The molecule has 1 aliphatic carbocycles. The topological polar surface area (TPSA) is 16.4 Å². The predicted octanol–water partition coefficient (Wildman–Crippen LogP) is 5.54. The van der Waals surface area contributed by atoms with Crippen molar-refractivity contribution in [1.29, 1.82) is 0 Å². The van der Waals surface area contributed by atoms with Gasteiger partial charge < -0.3 is 9.32 Å². The van der Waals surface area contributed by atoms with Gasteiger partial charge >= 0.3 is 0 Å². The number of nitrogens with zero attached hydrogens (tertiary/aromatic N) is 1. The fourth-order valence-electron chi connectivity index (χ4n) is 3.33. The smallest absolute Gasteiger partial charge is 0.201 e. The minimum absolute atomic E-state index is 0.278. The van der Waals surface area contributed by atoms with Crippen molar-refractivity contribution in [3.05, 3.63) is 78.9 Å². The van der Waals surface area contributed by atoms with E-state index in [2.05, 4.69) is 65.6 Å². The lowest BCUT2D eigenvalue weighted by atomic mass is 10.0. The zero-order valence-corrected chi connectivity index (χ0v) is 13.2. The Balaban J connectivity index is 1.72. The van der Waals surface area contributed by atoms with Crippen molar-refractivity contribution in [3.8, 4) is 0 Å². The summed E-state index contributed by atoms with van der Waals surface area (Å²) in [4.78, 5) is 3.63. The molecule has 2 unspecified atom stereocenters. The van der Waals surface area contributed by atoms with Gasteiger partial charge in [-0.3, -0.25) is 0 Å². The van der Waals surface area contributed by atoms with Crippen LogP contribution in [0.25, 0.3) is 11.0 Å². The summed E-state index contributed by atoms with van der Waals surface area (Å²) in [6.45, 7) is 0. The molecular weight excluding hydrogens is 302 g/mol. The summed E-state index contributed by atoms with van der Waals surface area (Å²) in [6, 6.07) is 19.2. The van der Waals surface area contributed by atoms with E-state index in [1.807, 2.05) is 30.0 Å². The largest absolute Gasteiger partial charge is 0.440 e. The third-order valence-electron chi connectivity index (χ3n) is 4.39. The number of hydrogen-bond donors (Lipinski definition) is 0. The highest BCUT2D eigenvalue weighted by atomic mass is 32.2. The van der Waals surface area contributed by atoms with Crippen molar-refractivity contribution < 1.29 is 4.42 Å². The zero-order chi connectivity index (χ0) is 15.2. The normalized spacial score (nSPS) is 22.2. The van der Waals surface area contributed by atoms with Crippen molar-refractivity contribution in [2.24, 2.45) is 0 Å². The van der Waals surface area contributed by atoms with Crippen molar-refractivity contribution in [1.82, 2.24) is 0 Å². The SMILES string of the molecule is C1=CC2Sc3ccccc3N(c3cc4ccccc4o3)C2C=C1. The van der Waals surface area contributed by atoms with E-state index in [9.17, 15) is 0 Å². The molecule has 2 aromatic carbocycles. The number of para-hydroxylation sites is 2. The van der Waals surface area contributed by atoms with Gasteiger partial charge in [-0.2, -0.15) is 0 Å². The van der Waals surface area contributed by atoms with Crippen molar-refractivity contribution >= 4 is 34.3 Å². The standard InChI is InChI=1S/C20H15NOS/c1-4-10-17-14(7-1)13-20(22-17)21-15-8-2-5-11-18(15)23-19-12-6-3-9-16(19)21/h1-13,15,18H. The highest BCUT2D eigenvalue weighted by Gasteiger charge is 2.35. The van der Waals surface area contributed by atoms with Gasteiger partial charge in [0, 0.05) is 16.3 Å². The quantitative estimate of drug-likeness (QED) is 0.586. The summed E-state index contributed by atoms with van der Waals surface area (Å²) in [5.41, 5.74) is 2.16. The third-order valence-corrected chi connectivity index (χ3v) is 5.70. The molecule has 5 rings (SSSR count). The number of thioether (sulfide) groups is 1. The Morgan fingerprint density at radius 3 is 2.70 bits per heavy atom. The zero-order valence-electron chi connectivity index (χ0n) is 12.4. The number of hydrogen-bond acceptors (Lipinski definition) is 3. The van der Waals surface area contributed by atoms with Crippen LogP contribution in [0.3, 0.4) is 0 Å². The Bertz CT molecular complexity index is 906. The fourth-order valence-corrected chi connectivity index (χ4v) is 4.59. The molecule has 2 atom stereocenters. The Morgan fingerprint density at radius 2 is 1.74 bits per heavy atom. The van der Waals surface area contributed by atoms with E-state index in [4.69, 9.17) is 4.42 Å². The van der Waals surface area contributed by atoms with Crippen LogP contribution in [0.5, 0.6) is 0 Å². The highest BCUT2D eigenvalue weighted by molar-refractivity contribution is 8.00. The van der Waals surface area contributed by atoms with E-state index in [0.717, 1.165) is 16.9 Å². The van der Waals surface area contributed by atoms with Crippen molar-refractivity contribution in [2.45, 2.75) is 16.2 Å². The highest BCUT2D eigenvalue weighted by Crippen LogP contribution is 2.47. The molecule has 3 aromatic rings. The second-order valence-electron chi connectivity index (χ2n) is 5.80. The molecule has 2 aliphatic rings. The molecule has 1 aliphatic heterocycles. The predicted molar refractivity (Wildman–Crippen MR) is 96.5 cm³/mol. The van der Waals surface area contributed by atoms with Gasteiger partial charge in [-0.25, -0.2) is 0 Å². The molecule has 0 saturated heterocycles. The molecule has 0 radical (unpaired) electrons. The van der Waals surface area contributed by atoms with Gasteiger partial charge in [-0.05, 0) is 18.2 Å².